The molecule has 0 aliphatic rings. The molecule has 4 nitrogen and oxygen atoms in total. The van der Waals surface area contributed by atoms with Crippen LogP contribution in [0.25, 0.3) is 10.8 Å². The van der Waals surface area contributed by atoms with Crippen molar-refractivity contribution in [1.29, 1.82) is 0 Å². The van der Waals surface area contributed by atoms with E-state index < -0.39 is 0 Å². The van der Waals surface area contributed by atoms with E-state index in [1.807, 2.05) is 18.2 Å². The smallest absolute Gasteiger partial charge is 0.126 e. The number of fused-ring (bicyclic) bond motifs is 1. The molecule has 0 saturated carbocycles. The van der Waals surface area contributed by atoms with Gasteiger partial charge in [-0.2, -0.15) is 5.10 Å². The molecule has 3 rings (SSSR count). The molecule has 19 heavy (non-hydrogen) atoms. The maximum Gasteiger partial charge on any atom is 0.126 e. The van der Waals surface area contributed by atoms with Crippen molar-refractivity contribution in [3.63, 3.8) is 0 Å². The average molecular weight is 253 g/mol. The Morgan fingerprint density at radius 1 is 1.11 bits per heavy atom. The number of nitrogen functional groups attached to an aromatic ring is 1. The van der Waals surface area contributed by atoms with E-state index in [1.165, 1.54) is 5.56 Å². The minimum absolute atomic E-state index is 0.656. The highest BCUT2D eigenvalue weighted by Crippen LogP contribution is 2.28. The number of ether oxygens (including phenoxy) is 1. The summed E-state index contributed by atoms with van der Waals surface area (Å²) in [6.45, 7) is 0.656. The second kappa shape index (κ2) is 4.65. The molecule has 4 heteroatoms. The van der Waals surface area contributed by atoms with Crippen molar-refractivity contribution in [1.82, 2.24) is 9.78 Å². The van der Waals surface area contributed by atoms with Gasteiger partial charge in [0.1, 0.15) is 11.6 Å². The van der Waals surface area contributed by atoms with Crippen molar-refractivity contribution in [2.24, 2.45) is 0 Å². The summed E-state index contributed by atoms with van der Waals surface area (Å²) in [7, 11) is 1.69. The Balaban J connectivity index is 2.12. The molecule has 96 valence electrons. The number of benzene rings is 2. The van der Waals surface area contributed by atoms with Crippen LogP contribution < -0.4 is 10.5 Å². The maximum atomic E-state index is 5.86. The van der Waals surface area contributed by atoms with Gasteiger partial charge in [0.15, 0.2) is 0 Å². The van der Waals surface area contributed by atoms with E-state index >= 15 is 0 Å². The van der Waals surface area contributed by atoms with E-state index in [-0.39, 0.29) is 0 Å². The molecule has 0 bridgehead atoms. The fourth-order valence-corrected chi connectivity index (χ4v) is 2.29. The number of hydrogen-bond acceptors (Lipinski definition) is 3. The van der Waals surface area contributed by atoms with Crippen molar-refractivity contribution in [3.05, 3.63) is 54.2 Å². The van der Waals surface area contributed by atoms with Gasteiger partial charge in [-0.1, -0.05) is 30.3 Å². The van der Waals surface area contributed by atoms with Crippen molar-refractivity contribution in [2.75, 3.05) is 12.8 Å². The van der Waals surface area contributed by atoms with Crippen LogP contribution in [0.15, 0.2) is 48.7 Å². The van der Waals surface area contributed by atoms with Crippen molar-refractivity contribution < 1.29 is 4.74 Å². The third kappa shape index (κ3) is 2.01. The van der Waals surface area contributed by atoms with Gasteiger partial charge in [-0.25, -0.2) is 4.68 Å². The SMILES string of the molecule is COc1ccc(Cn2nccc2N)c2ccccc12. The highest BCUT2D eigenvalue weighted by molar-refractivity contribution is 5.91. The van der Waals surface area contributed by atoms with Gasteiger partial charge in [0.2, 0.25) is 0 Å². The van der Waals surface area contributed by atoms with Crippen LogP contribution in [0.5, 0.6) is 5.75 Å². The lowest BCUT2D eigenvalue weighted by Gasteiger charge is -2.11. The summed E-state index contributed by atoms with van der Waals surface area (Å²) in [5.41, 5.74) is 7.04. The first-order chi connectivity index (χ1) is 9.29. The molecule has 0 amide bonds. The Labute approximate surface area is 111 Å². The Morgan fingerprint density at radius 3 is 2.58 bits per heavy atom. The zero-order valence-corrected chi connectivity index (χ0v) is 10.7. The third-order valence-corrected chi connectivity index (χ3v) is 3.26. The van der Waals surface area contributed by atoms with Crippen LogP contribution in [0.1, 0.15) is 5.56 Å². The lowest BCUT2D eigenvalue weighted by molar-refractivity contribution is 0.419. The van der Waals surface area contributed by atoms with Gasteiger partial charge in [-0.3, -0.25) is 0 Å². The standard InChI is InChI=1S/C15H15N3O/c1-19-14-7-6-11(10-18-15(16)8-9-17-18)12-4-2-3-5-13(12)14/h2-9H,10,16H2,1H3. The van der Waals surface area contributed by atoms with Gasteiger partial charge >= 0.3 is 0 Å². The minimum Gasteiger partial charge on any atom is -0.496 e. The van der Waals surface area contributed by atoms with Crippen molar-refractivity contribution in [2.45, 2.75) is 6.54 Å². The van der Waals surface area contributed by atoms with E-state index in [4.69, 9.17) is 10.5 Å². The van der Waals surface area contributed by atoms with Gasteiger partial charge in [0, 0.05) is 5.39 Å². The molecule has 0 aliphatic carbocycles. The summed E-state index contributed by atoms with van der Waals surface area (Å²) in [6, 6.07) is 14.0. The molecule has 0 atom stereocenters. The van der Waals surface area contributed by atoms with Gasteiger partial charge in [-0.15, -0.1) is 0 Å². The predicted molar refractivity (Wildman–Crippen MR) is 76.2 cm³/mol. The first-order valence-electron chi connectivity index (χ1n) is 6.11. The number of methoxy groups -OCH3 is 1. The van der Waals surface area contributed by atoms with Crippen molar-refractivity contribution >= 4 is 16.6 Å². The molecule has 3 aromatic rings. The number of nitrogens with zero attached hydrogens (tertiary/aromatic N) is 2. The Bertz CT molecular complexity index is 718. The molecule has 2 aromatic carbocycles. The Kier molecular flexibility index (Phi) is 2.83. The van der Waals surface area contributed by atoms with Crippen LogP contribution in [0.3, 0.4) is 0 Å². The fourth-order valence-electron chi connectivity index (χ4n) is 2.29. The molecule has 0 aliphatic heterocycles. The quantitative estimate of drug-likeness (QED) is 0.780. The molecule has 1 aromatic heterocycles. The first kappa shape index (κ1) is 11.6. The zero-order chi connectivity index (χ0) is 13.2. The summed E-state index contributed by atoms with van der Waals surface area (Å²) >= 11 is 0. The molecule has 0 radical (unpaired) electrons. The van der Waals surface area contributed by atoms with E-state index in [0.29, 0.717) is 12.4 Å². The van der Waals surface area contributed by atoms with E-state index in [0.717, 1.165) is 16.5 Å². The summed E-state index contributed by atoms with van der Waals surface area (Å²) in [5.74, 6) is 1.55. The normalized spacial score (nSPS) is 10.8. The second-order valence-electron chi connectivity index (χ2n) is 4.39. The summed E-state index contributed by atoms with van der Waals surface area (Å²) in [5, 5.41) is 6.49. The monoisotopic (exact) mass is 253 g/mol. The number of aromatic nitrogens is 2. The maximum absolute atomic E-state index is 5.86. The van der Waals surface area contributed by atoms with Crippen molar-refractivity contribution in [3.8, 4) is 5.75 Å². The molecule has 0 fully saturated rings. The van der Waals surface area contributed by atoms with Crippen LogP contribution >= 0.6 is 0 Å². The Morgan fingerprint density at radius 2 is 1.89 bits per heavy atom. The molecular weight excluding hydrogens is 238 g/mol. The highest BCUT2D eigenvalue weighted by atomic mass is 16.5. The van der Waals surface area contributed by atoms with E-state index in [1.54, 1.807) is 24.1 Å². The first-order valence-corrected chi connectivity index (χ1v) is 6.11. The number of hydrogen-bond donors (Lipinski definition) is 1. The lowest BCUT2D eigenvalue weighted by atomic mass is 10.0. The fraction of sp³-hybridized carbons (Fsp3) is 0.133. The molecule has 1 heterocycles. The van der Waals surface area contributed by atoms with Crippen LogP contribution in [0.4, 0.5) is 5.82 Å². The van der Waals surface area contributed by atoms with Crippen LogP contribution in [0, 0.1) is 0 Å². The van der Waals surface area contributed by atoms with E-state index in [2.05, 4.69) is 23.3 Å². The topological polar surface area (TPSA) is 53.1 Å². The number of nitrogens with two attached hydrogens (primary N) is 1. The molecule has 0 saturated heterocycles. The van der Waals surface area contributed by atoms with Gasteiger partial charge < -0.3 is 10.5 Å². The van der Waals surface area contributed by atoms with Gasteiger partial charge in [-0.05, 0) is 23.1 Å². The van der Waals surface area contributed by atoms with Crippen LogP contribution in [-0.2, 0) is 6.54 Å². The van der Waals surface area contributed by atoms with Crippen LogP contribution in [0.2, 0.25) is 0 Å². The second-order valence-corrected chi connectivity index (χ2v) is 4.39. The minimum atomic E-state index is 0.656. The highest BCUT2D eigenvalue weighted by Gasteiger charge is 2.07. The molecule has 0 unspecified atom stereocenters. The van der Waals surface area contributed by atoms with Gasteiger partial charge in [0.25, 0.3) is 0 Å². The number of anilines is 1. The van der Waals surface area contributed by atoms with Gasteiger partial charge in [0.05, 0.1) is 19.9 Å². The Hall–Kier alpha value is -2.49. The summed E-state index contributed by atoms with van der Waals surface area (Å²) in [4.78, 5) is 0. The molecular formula is C15H15N3O. The van der Waals surface area contributed by atoms with Crippen LogP contribution in [-0.4, -0.2) is 16.9 Å². The predicted octanol–water partition coefficient (Wildman–Crippen LogP) is 2.68. The average Bonchev–Trinajstić information content (AvgIpc) is 2.85. The number of rotatable bonds is 3. The zero-order valence-electron chi connectivity index (χ0n) is 10.7. The van der Waals surface area contributed by atoms with E-state index in [9.17, 15) is 0 Å². The molecule has 2 N–H and O–H groups in total. The molecule has 0 spiro atoms. The third-order valence-electron chi connectivity index (χ3n) is 3.26. The largest absolute Gasteiger partial charge is 0.496 e. The summed E-state index contributed by atoms with van der Waals surface area (Å²) < 4.78 is 7.18. The summed E-state index contributed by atoms with van der Waals surface area (Å²) in [6.07, 6.45) is 1.71. The lowest BCUT2D eigenvalue weighted by Crippen LogP contribution is -2.06.